The molecule has 0 aliphatic carbocycles. The first-order chi connectivity index (χ1) is 9.86. The van der Waals surface area contributed by atoms with Crippen molar-refractivity contribution in [2.24, 2.45) is 0 Å². The lowest BCUT2D eigenvalue weighted by molar-refractivity contribution is 1.05. The molecule has 0 aliphatic heterocycles. The molecule has 5 nitrogen and oxygen atoms in total. The van der Waals surface area contributed by atoms with Crippen LogP contribution in [0.2, 0.25) is 0 Å². The highest BCUT2D eigenvalue weighted by Crippen LogP contribution is 2.17. The zero-order chi connectivity index (χ0) is 13.8. The van der Waals surface area contributed by atoms with Crippen molar-refractivity contribution in [3.05, 3.63) is 54.5 Å². The minimum absolute atomic E-state index is 0.728. The number of nitrogens with zero attached hydrogens (tertiary/aromatic N) is 3. The molecule has 2 aromatic heterocycles. The van der Waals surface area contributed by atoms with Crippen molar-refractivity contribution in [2.45, 2.75) is 13.5 Å². The summed E-state index contributed by atoms with van der Waals surface area (Å²) in [5.41, 5.74) is 2.05. The van der Waals surface area contributed by atoms with Gasteiger partial charge in [0.15, 0.2) is 11.5 Å². The highest BCUT2D eigenvalue weighted by molar-refractivity contribution is 5.65. The standard InChI is InChI=1S/C15H17N5/c1-2-16-13-11-20-9-8-17-15(20)14(19-13)18-10-12-6-4-3-5-7-12/h3-9,11,16H,2,10H2,1H3,(H,18,19). The topological polar surface area (TPSA) is 54.2 Å². The first kappa shape index (κ1) is 12.5. The second-order valence-electron chi connectivity index (χ2n) is 4.50. The van der Waals surface area contributed by atoms with Gasteiger partial charge in [-0.15, -0.1) is 0 Å². The van der Waals surface area contributed by atoms with E-state index >= 15 is 0 Å². The molecule has 20 heavy (non-hydrogen) atoms. The molecule has 0 aliphatic rings. The van der Waals surface area contributed by atoms with E-state index in [0.717, 1.165) is 30.4 Å². The summed E-state index contributed by atoms with van der Waals surface area (Å²) in [4.78, 5) is 8.91. The maximum Gasteiger partial charge on any atom is 0.180 e. The van der Waals surface area contributed by atoms with E-state index in [1.807, 2.05) is 35.0 Å². The number of rotatable bonds is 5. The van der Waals surface area contributed by atoms with Gasteiger partial charge in [0.1, 0.15) is 5.82 Å². The Morgan fingerprint density at radius 2 is 2.00 bits per heavy atom. The monoisotopic (exact) mass is 267 g/mol. The van der Waals surface area contributed by atoms with Gasteiger partial charge in [0.2, 0.25) is 0 Å². The summed E-state index contributed by atoms with van der Waals surface area (Å²) in [6.45, 7) is 3.62. The quantitative estimate of drug-likeness (QED) is 0.746. The maximum atomic E-state index is 4.57. The first-order valence-corrected chi connectivity index (χ1v) is 6.72. The number of benzene rings is 1. The van der Waals surface area contributed by atoms with Gasteiger partial charge in [-0.25, -0.2) is 9.97 Å². The van der Waals surface area contributed by atoms with E-state index in [4.69, 9.17) is 0 Å². The number of fused-ring (bicyclic) bond motifs is 1. The Bertz CT molecular complexity index is 690. The van der Waals surface area contributed by atoms with Crippen LogP contribution in [0.5, 0.6) is 0 Å². The molecule has 0 atom stereocenters. The van der Waals surface area contributed by atoms with Crippen LogP contribution in [0.1, 0.15) is 12.5 Å². The van der Waals surface area contributed by atoms with Crippen molar-refractivity contribution in [1.29, 1.82) is 0 Å². The molecule has 0 radical (unpaired) electrons. The van der Waals surface area contributed by atoms with E-state index < -0.39 is 0 Å². The molecule has 0 saturated heterocycles. The van der Waals surface area contributed by atoms with Crippen molar-refractivity contribution in [3.8, 4) is 0 Å². The Kier molecular flexibility index (Phi) is 3.50. The molecule has 2 N–H and O–H groups in total. The van der Waals surface area contributed by atoms with Crippen LogP contribution in [0.25, 0.3) is 5.65 Å². The van der Waals surface area contributed by atoms with Crippen LogP contribution in [-0.2, 0) is 6.54 Å². The van der Waals surface area contributed by atoms with Gasteiger partial charge in [-0.05, 0) is 12.5 Å². The maximum absolute atomic E-state index is 4.57. The fraction of sp³-hybridized carbons (Fsp3) is 0.200. The Hall–Kier alpha value is -2.56. The van der Waals surface area contributed by atoms with Gasteiger partial charge < -0.3 is 15.0 Å². The van der Waals surface area contributed by atoms with Crippen molar-refractivity contribution in [2.75, 3.05) is 17.2 Å². The van der Waals surface area contributed by atoms with Gasteiger partial charge in [0.05, 0.1) is 6.20 Å². The van der Waals surface area contributed by atoms with Crippen molar-refractivity contribution in [1.82, 2.24) is 14.4 Å². The third-order valence-electron chi connectivity index (χ3n) is 3.03. The van der Waals surface area contributed by atoms with E-state index in [2.05, 4.69) is 39.7 Å². The number of aromatic nitrogens is 3. The lowest BCUT2D eigenvalue weighted by Gasteiger charge is -2.10. The Morgan fingerprint density at radius 1 is 1.15 bits per heavy atom. The zero-order valence-corrected chi connectivity index (χ0v) is 11.4. The normalized spacial score (nSPS) is 10.7. The van der Waals surface area contributed by atoms with Crippen molar-refractivity contribution >= 4 is 17.3 Å². The minimum Gasteiger partial charge on any atom is -0.369 e. The molecular formula is C15H17N5. The summed E-state index contributed by atoms with van der Waals surface area (Å²) in [6, 6.07) is 10.3. The van der Waals surface area contributed by atoms with Gasteiger partial charge in [0.25, 0.3) is 0 Å². The number of anilines is 2. The molecule has 102 valence electrons. The SMILES string of the molecule is CCNc1cn2ccnc2c(NCc2ccccc2)n1. The Morgan fingerprint density at radius 3 is 2.80 bits per heavy atom. The smallest absolute Gasteiger partial charge is 0.180 e. The average molecular weight is 267 g/mol. The molecule has 0 bridgehead atoms. The van der Waals surface area contributed by atoms with E-state index in [1.54, 1.807) is 6.20 Å². The summed E-state index contributed by atoms with van der Waals surface area (Å²) in [5, 5.41) is 6.58. The molecule has 1 aromatic carbocycles. The summed E-state index contributed by atoms with van der Waals surface area (Å²) in [7, 11) is 0. The van der Waals surface area contributed by atoms with Crippen LogP contribution in [0.15, 0.2) is 48.9 Å². The van der Waals surface area contributed by atoms with Crippen LogP contribution in [0, 0.1) is 0 Å². The second-order valence-corrected chi connectivity index (χ2v) is 4.50. The van der Waals surface area contributed by atoms with E-state index in [9.17, 15) is 0 Å². The molecule has 0 unspecified atom stereocenters. The van der Waals surface area contributed by atoms with Gasteiger partial charge in [-0.2, -0.15) is 0 Å². The van der Waals surface area contributed by atoms with Gasteiger partial charge in [-0.1, -0.05) is 30.3 Å². The summed E-state index contributed by atoms with van der Waals surface area (Å²) in [5.74, 6) is 1.63. The van der Waals surface area contributed by atoms with Crippen molar-refractivity contribution in [3.63, 3.8) is 0 Å². The van der Waals surface area contributed by atoms with E-state index in [0.29, 0.717) is 0 Å². The van der Waals surface area contributed by atoms with Gasteiger partial charge in [0, 0.05) is 25.5 Å². The van der Waals surface area contributed by atoms with E-state index in [-0.39, 0.29) is 0 Å². The Labute approximate surface area is 117 Å². The molecule has 3 rings (SSSR count). The van der Waals surface area contributed by atoms with Crippen LogP contribution < -0.4 is 10.6 Å². The minimum atomic E-state index is 0.728. The highest BCUT2D eigenvalue weighted by Gasteiger charge is 2.06. The molecule has 0 saturated carbocycles. The lowest BCUT2D eigenvalue weighted by atomic mass is 10.2. The summed E-state index contributed by atoms with van der Waals surface area (Å²) >= 11 is 0. The molecule has 0 spiro atoms. The van der Waals surface area contributed by atoms with Crippen LogP contribution in [0.4, 0.5) is 11.6 Å². The number of imidazole rings is 1. The van der Waals surface area contributed by atoms with E-state index in [1.165, 1.54) is 5.56 Å². The predicted molar refractivity (Wildman–Crippen MR) is 80.9 cm³/mol. The molecule has 0 fully saturated rings. The molecular weight excluding hydrogens is 250 g/mol. The molecule has 2 heterocycles. The third kappa shape index (κ3) is 2.56. The summed E-state index contributed by atoms with van der Waals surface area (Å²) < 4.78 is 1.97. The molecule has 0 amide bonds. The van der Waals surface area contributed by atoms with Crippen LogP contribution in [0.3, 0.4) is 0 Å². The first-order valence-electron chi connectivity index (χ1n) is 6.72. The van der Waals surface area contributed by atoms with Crippen LogP contribution >= 0.6 is 0 Å². The zero-order valence-electron chi connectivity index (χ0n) is 11.4. The fourth-order valence-corrected chi connectivity index (χ4v) is 2.10. The average Bonchev–Trinajstić information content (AvgIpc) is 2.95. The fourth-order valence-electron chi connectivity index (χ4n) is 2.10. The third-order valence-corrected chi connectivity index (χ3v) is 3.03. The molecule has 5 heteroatoms. The second kappa shape index (κ2) is 5.61. The lowest BCUT2D eigenvalue weighted by Crippen LogP contribution is -2.07. The van der Waals surface area contributed by atoms with Gasteiger partial charge >= 0.3 is 0 Å². The Balaban J connectivity index is 1.87. The predicted octanol–water partition coefficient (Wildman–Crippen LogP) is 2.77. The summed E-state index contributed by atoms with van der Waals surface area (Å²) in [6.07, 6.45) is 5.64. The number of hydrogen-bond donors (Lipinski definition) is 2. The number of hydrogen-bond acceptors (Lipinski definition) is 4. The van der Waals surface area contributed by atoms with Gasteiger partial charge in [-0.3, -0.25) is 0 Å². The molecule has 3 aromatic rings. The van der Waals surface area contributed by atoms with Crippen molar-refractivity contribution < 1.29 is 0 Å². The number of nitrogens with one attached hydrogen (secondary N) is 2. The van der Waals surface area contributed by atoms with Crippen LogP contribution in [-0.4, -0.2) is 20.9 Å². The highest BCUT2D eigenvalue weighted by atomic mass is 15.1. The largest absolute Gasteiger partial charge is 0.369 e.